The van der Waals surface area contributed by atoms with Crippen molar-refractivity contribution in [2.24, 2.45) is 5.92 Å². The molecule has 1 atom stereocenters. The predicted octanol–water partition coefficient (Wildman–Crippen LogP) is 2.84. The van der Waals surface area contributed by atoms with E-state index in [9.17, 15) is 14.0 Å². The molecular weight excluding hydrogens is 349 g/mol. The summed E-state index contributed by atoms with van der Waals surface area (Å²) in [5, 5.41) is 2.63. The molecule has 1 N–H and O–H groups in total. The summed E-state index contributed by atoms with van der Waals surface area (Å²) in [5.41, 5.74) is 2.07. The van der Waals surface area contributed by atoms with Crippen molar-refractivity contribution < 1.29 is 18.4 Å². The first kappa shape index (κ1) is 17.2. The molecule has 0 saturated carbocycles. The number of carbonyl (C=O) groups is 2. The molecular formula is C20H18FN3O3. The summed E-state index contributed by atoms with van der Waals surface area (Å²) in [7, 11) is 1.60. The minimum Gasteiger partial charge on any atom is -0.436 e. The van der Waals surface area contributed by atoms with E-state index in [4.69, 9.17) is 4.42 Å². The van der Waals surface area contributed by atoms with E-state index >= 15 is 0 Å². The number of aromatic nitrogens is 1. The van der Waals surface area contributed by atoms with Gasteiger partial charge in [0.2, 0.25) is 11.8 Å². The van der Waals surface area contributed by atoms with Gasteiger partial charge in [0.1, 0.15) is 11.3 Å². The fourth-order valence-electron chi connectivity index (χ4n) is 3.35. The first-order valence-electron chi connectivity index (χ1n) is 8.72. The van der Waals surface area contributed by atoms with Crippen molar-refractivity contribution in [2.75, 3.05) is 20.1 Å². The van der Waals surface area contributed by atoms with Crippen LogP contribution in [0.2, 0.25) is 0 Å². The van der Waals surface area contributed by atoms with E-state index in [1.165, 1.54) is 12.1 Å². The molecule has 1 saturated heterocycles. The Morgan fingerprint density at radius 1 is 1.26 bits per heavy atom. The molecule has 1 aliphatic rings. The van der Waals surface area contributed by atoms with Gasteiger partial charge in [0.15, 0.2) is 5.58 Å². The van der Waals surface area contributed by atoms with Crippen molar-refractivity contribution in [3.05, 3.63) is 53.8 Å². The van der Waals surface area contributed by atoms with Crippen LogP contribution >= 0.6 is 0 Å². The summed E-state index contributed by atoms with van der Waals surface area (Å²) in [5.74, 6) is -0.426. The normalized spacial score (nSPS) is 16.7. The number of nitrogens with zero attached hydrogens (tertiary/aromatic N) is 2. The third kappa shape index (κ3) is 3.28. The topological polar surface area (TPSA) is 75.4 Å². The number of rotatable bonds is 3. The van der Waals surface area contributed by atoms with Gasteiger partial charge in [-0.25, -0.2) is 9.37 Å². The van der Waals surface area contributed by atoms with Crippen LogP contribution in [0, 0.1) is 11.7 Å². The number of likely N-dealkylation sites (tertiary alicyclic amines) is 1. The fraction of sp³-hybridized carbons (Fsp3) is 0.250. The second kappa shape index (κ2) is 6.83. The lowest BCUT2D eigenvalue weighted by atomic mass is 10.1. The standard InChI is InChI=1S/C20H18FN3O3/c1-22-18(25)14-7-8-24(11-14)20(26)13-5-6-17-16(10-13)23-19(27-17)12-3-2-4-15(21)9-12/h2-6,9-10,14H,7-8,11H2,1H3,(H,22,25). The number of oxazole rings is 1. The number of nitrogens with one attached hydrogen (secondary N) is 1. The third-order valence-electron chi connectivity index (χ3n) is 4.80. The van der Waals surface area contributed by atoms with Crippen molar-refractivity contribution >= 4 is 22.9 Å². The molecule has 2 aromatic carbocycles. The molecule has 27 heavy (non-hydrogen) atoms. The number of fused-ring (bicyclic) bond motifs is 1. The summed E-state index contributed by atoms with van der Waals surface area (Å²) in [6.45, 7) is 0.951. The lowest BCUT2D eigenvalue weighted by molar-refractivity contribution is -0.124. The van der Waals surface area contributed by atoms with Gasteiger partial charge < -0.3 is 14.6 Å². The van der Waals surface area contributed by atoms with Crippen LogP contribution < -0.4 is 5.32 Å². The molecule has 1 unspecified atom stereocenters. The molecule has 1 aliphatic heterocycles. The van der Waals surface area contributed by atoms with Gasteiger partial charge in [0.25, 0.3) is 5.91 Å². The zero-order chi connectivity index (χ0) is 19.0. The van der Waals surface area contributed by atoms with Gasteiger partial charge in [-0.1, -0.05) is 6.07 Å². The highest BCUT2D eigenvalue weighted by atomic mass is 19.1. The number of hydrogen-bond donors (Lipinski definition) is 1. The highest BCUT2D eigenvalue weighted by Crippen LogP contribution is 2.26. The van der Waals surface area contributed by atoms with Crippen molar-refractivity contribution in [3.8, 4) is 11.5 Å². The lowest BCUT2D eigenvalue weighted by Crippen LogP contribution is -2.33. The molecule has 7 heteroatoms. The van der Waals surface area contributed by atoms with Crippen molar-refractivity contribution in [1.82, 2.24) is 15.2 Å². The summed E-state index contributed by atoms with van der Waals surface area (Å²) in [6, 6.07) is 11.0. The van der Waals surface area contributed by atoms with Crippen LogP contribution in [0.4, 0.5) is 4.39 Å². The first-order valence-corrected chi connectivity index (χ1v) is 8.72. The number of amides is 2. The molecule has 0 radical (unpaired) electrons. The van der Waals surface area contributed by atoms with Gasteiger partial charge in [-0.05, 0) is 42.8 Å². The van der Waals surface area contributed by atoms with Crippen LogP contribution in [0.25, 0.3) is 22.6 Å². The van der Waals surface area contributed by atoms with Crippen LogP contribution in [0.15, 0.2) is 46.9 Å². The van der Waals surface area contributed by atoms with Gasteiger partial charge in [-0.2, -0.15) is 0 Å². The average Bonchev–Trinajstić information content (AvgIpc) is 3.33. The van der Waals surface area contributed by atoms with Crippen LogP contribution in [-0.4, -0.2) is 41.8 Å². The van der Waals surface area contributed by atoms with E-state index in [0.29, 0.717) is 47.6 Å². The SMILES string of the molecule is CNC(=O)C1CCN(C(=O)c2ccc3oc(-c4cccc(F)c4)nc3c2)C1. The Bertz CT molecular complexity index is 1030. The second-order valence-electron chi connectivity index (χ2n) is 6.56. The minimum absolute atomic E-state index is 0.0445. The predicted molar refractivity (Wildman–Crippen MR) is 97.5 cm³/mol. The van der Waals surface area contributed by atoms with E-state index in [0.717, 1.165) is 0 Å². The monoisotopic (exact) mass is 367 g/mol. The van der Waals surface area contributed by atoms with E-state index in [2.05, 4.69) is 10.3 Å². The van der Waals surface area contributed by atoms with Gasteiger partial charge in [-0.3, -0.25) is 9.59 Å². The molecule has 0 aliphatic carbocycles. The van der Waals surface area contributed by atoms with E-state index < -0.39 is 0 Å². The van der Waals surface area contributed by atoms with Crippen molar-refractivity contribution in [1.29, 1.82) is 0 Å². The Morgan fingerprint density at radius 3 is 2.89 bits per heavy atom. The largest absolute Gasteiger partial charge is 0.436 e. The molecule has 6 nitrogen and oxygen atoms in total. The quantitative estimate of drug-likeness (QED) is 0.772. The van der Waals surface area contributed by atoms with E-state index in [1.807, 2.05) is 0 Å². The third-order valence-corrected chi connectivity index (χ3v) is 4.80. The van der Waals surface area contributed by atoms with Gasteiger partial charge in [-0.15, -0.1) is 0 Å². The zero-order valence-corrected chi connectivity index (χ0v) is 14.7. The van der Waals surface area contributed by atoms with Crippen LogP contribution in [0.3, 0.4) is 0 Å². The summed E-state index contributed by atoms with van der Waals surface area (Å²) >= 11 is 0. The molecule has 2 amide bonds. The fourth-order valence-corrected chi connectivity index (χ4v) is 3.35. The maximum Gasteiger partial charge on any atom is 0.253 e. The van der Waals surface area contributed by atoms with Crippen LogP contribution in [0.1, 0.15) is 16.8 Å². The summed E-state index contributed by atoms with van der Waals surface area (Å²) in [4.78, 5) is 30.6. The zero-order valence-electron chi connectivity index (χ0n) is 14.7. The molecule has 1 aromatic heterocycles. The Hall–Kier alpha value is -3.22. The molecule has 1 fully saturated rings. The molecule has 138 valence electrons. The van der Waals surface area contributed by atoms with Gasteiger partial charge in [0.05, 0.1) is 5.92 Å². The Morgan fingerprint density at radius 2 is 2.11 bits per heavy atom. The Kier molecular flexibility index (Phi) is 4.35. The molecule has 0 spiro atoms. The first-order chi connectivity index (χ1) is 13.0. The van der Waals surface area contributed by atoms with Gasteiger partial charge >= 0.3 is 0 Å². The summed E-state index contributed by atoms with van der Waals surface area (Å²) in [6.07, 6.45) is 0.654. The Labute approximate surface area is 155 Å². The maximum absolute atomic E-state index is 13.4. The number of benzene rings is 2. The number of carbonyl (C=O) groups excluding carboxylic acids is 2. The van der Waals surface area contributed by atoms with Crippen LogP contribution in [0.5, 0.6) is 0 Å². The highest BCUT2D eigenvalue weighted by molar-refractivity contribution is 5.98. The van der Waals surface area contributed by atoms with E-state index in [1.54, 1.807) is 42.3 Å². The molecule has 2 heterocycles. The smallest absolute Gasteiger partial charge is 0.253 e. The van der Waals surface area contributed by atoms with Gasteiger partial charge in [0, 0.05) is 31.3 Å². The van der Waals surface area contributed by atoms with Crippen molar-refractivity contribution in [2.45, 2.75) is 6.42 Å². The summed E-state index contributed by atoms with van der Waals surface area (Å²) < 4.78 is 19.1. The number of halogens is 1. The number of hydrogen-bond acceptors (Lipinski definition) is 4. The van der Waals surface area contributed by atoms with E-state index in [-0.39, 0.29) is 23.5 Å². The molecule has 4 rings (SSSR count). The molecule has 3 aromatic rings. The van der Waals surface area contributed by atoms with Crippen molar-refractivity contribution in [3.63, 3.8) is 0 Å². The Balaban J connectivity index is 1.58. The maximum atomic E-state index is 13.4. The molecule has 0 bridgehead atoms. The highest BCUT2D eigenvalue weighted by Gasteiger charge is 2.31. The average molecular weight is 367 g/mol. The minimum atomic E-state index is -0.370. The van der Waals surface area contributed by atoms with Crippen LogP contribution in [-0.2, 0) is 4.79 Å². The second-order valence-corrected chi connectivity index (χ2v) is 6.56. The lowest BCUT2D eigenvalue weighted by Gasteiger charge is -2.16.